The van der Waals surface area contributed by atoms with E-state index < -0.39 is 11.9 Å². The predicted molar refractivity (Wildman–Crippen MR) is 207 cm³/mol. The number of aliphatic carboxylic acids is 1. The zero-order valence-corrected chi connectivity index (χ0v) is 32.1. The summed E-state index contributed by atoms with van der Waals surface area (Å²) in [6.45, 7) is 4.62. The zero-order valence-electron chi connectivity index (χ0n) is 32.1. The molecule has 0 aliphatic carbocycles. The average molecular weight is 688 g/mol. The van der Waals surface area contributed by atoms with Gasteiger partial charge >= 0.3 is 5.97 Å². The minimum Gasteiger partial charge on any atom is -0.481 e. The monoisotopic (exact) mass is 688 g/mol. The first kappa shape index (κ1) is 46.8. The second-order valence-electron chi connectivity index (χ2n) is 14.3. The standard InChI is InChI=1S/C43H77NO5/c1-3-5-7-9-11-13-15-17-19-21-23-25-27-29-31-33-40(45)37-39(38-44-42(47)35-36-43(48)49)41(46)34-32-30-28-26-24-22-20-18-16-14-12-10-8-6-4-2/h17-20,39H,3-16,21-38H2,1-2H3,(H,44,47)(H,48,49)/b19-17-,20-18-. The van der Waals surface area contributed by atoms with Gasteiger partial charge in [0.05, 0.1) is 6.42 Å². The average Bonchev–Trinajstić information content (AvgIpc) is 3.08. The molecule has 2 N–H and O–H groups in total. The molecule has 1 atom stereocenters. The minimum absolute atomic E-state index is 0.0362. The highest BCUT2D eigenvalue weighted by Gasteiger charge is 2.22. The van der Waals surface area contributed by atoms with Gasteiger partial charge in [-0.05, 0) is 64.2 Å². The van der Waals surface area contributed by atoms with Crippen molar-refractivity contribution in [1.29, 1.82) is 0 Å². The number of amides is 1. The van der Waals surface area contributed by atoms with E-state index in [1.54, 1.807) is 0 Å². The van der Waals surface area contributed by atoms with Gasteiger partial charge in [0.25, 0.3) is 0 Å². The number of hydrogen-bond acceptors (Lipinski definition) is 4. The van der Waals surface area contributed by atoms with Crippen LogP contribution in [0.25, 0.3) is 0 Å². The maximum absolute atomic E-state index is 13.1. The molecule has 6 nitrogen and oxygen atoms in total. The first-order chi connectivity index (χ1) is 23.9. The third-order valence-corrected chi connectivity index (χ3v) is 9.44. The summed E-state index contributed by atoms with van der Waals surface area (Å²) in [7, 11) is 0. The first-order valence-corrected chi connectivity index (χ1v) is 20.7. The number of allylic oxidation sites excluding steroid dienone is 4. The van der Waals surface area contributed by atoms with Crippen molar-refractivity contribution in [1.82, 2.24) is 5.32 Å². The van der Waals surface area contributed by atoms with Crippen molar-refractivity contribution in [2.24, 2.45) is 5.92 Å². The number of carboxylic acids is 1. The fourth-order valence-electron chi connectivity index (χ4n) is 6.19. The molecule has 284 valence electrons. The number of carbonyl (C=O) groups is 4. The highest BCUT2D eigenvalue weighted by molar-refractivity contribution is 5.89. The first-order valence-electron chi connectivity index (χ1n) is 20.7. The van der Waals surface area contributed by atoms with Gasteiger partial charge in [0.1, 0.15) is 11.6 Å². The molecule has 0 radical (unpaired) electrons. The lowest BCUT2D eigenvalue weighted by Gasteiger charge is -2.16. The Morgan fingerprint density at radius 2 is 0.878 bits per heavy atom. The summed E-state index contributed by atoms with van der Waals surface area (Å²) < 4.78 is 0. The Bertz CT molecular complexity index is 864. The SMILES string of the molecule is CCCCCCCC/C=C\CCCCCCCC(=O)CC(CNC(=O)CCC(=O)O)C(=O)CCCCCCC/C=C\CCCCCCCC. The number of Topliss-reactive ketones (excluding diaryl/α,β-unsaturated/α-hetero) is 2. The van der Waals surface area contributed by atoms with Crippen LogP contribution in [0.5, 0.6) is 0 Å². The number of carbonyl (C=O) groups excluding carboxylic acids is 3. The van der Waals surface area contributed by atoms with Gasteiger partial charge in [-0.2, -0.15) is 0 Å². The maximum atomic E-state index is 13.1. The lowest BCUT2D eigenvalue weighted by atomic mass is 9.92. The van der Waals surface area contributed by atoms with E-state index >= 15 is 0 Å². The van der Waals surface area contributed by atoms with Crippen LogP contribution in [-0.4, -0.2) is 35.1 Å². The Morgan fingerprint density at radius 1 is 0.490 bits per heavy atom. The zero-order chi connectivity index (χ0) is 36.0. The van der Waals surface area contributed by atoms with Crippen LogP contribution in [0, 0.1) is 5.92 Å². The van der Waals surface area contributed by atoms with Gasteiger partial charge < -0.3 is 10.4 Å². The van der Waals surface area contributed by atoms with Gasteiger partial charge in [-0.25, -0.2) is 0 Å². The van der Waals surface area contributed by atoms with E-state index in [0.29, 0.717) is 12.8 Å². The van der Waals surface area contributed by atoms with Crippen molar-refractivity contribution in [3.05, 3.63) is 24.3 Å². The van der Waals surface area contributed by atoms with Gasteiger partial charge in [0, 0.05) is 38.1 Å². The maximum Gasteiger partial charge on any atom is 0.303 e. The summed E-state index contributed by atoms with van der Waals surface area (Å²) in [6.07, 6.45) is 41.3. The second-order valence-corrected chi connectivity index (χ2v) is 14.3. The molecule has 0 aromatic carbocycles. The van der Waals surface area contributed by atoms with Gasteiger partial charge in [-0.3, -0.25) is 19.2 Å². The summed E-state index contributed by atoms with van der Waals surface area (Å²) >= 11 is 0. The quantitative estimate of drug-likeness (QED) is 0.0497. The van der Waals surface area contributed by atoms with Crippen LogP contribution in [0.1, 0.15) is 213 Å². The third-order valence-electron chi connectivity index (χ3n) is 9.44. The number of rotatable bonds is 38. The van der Waals surface area contributed by atoms with E-state index in [1.807, 2.05) is 0 Å². The second kappa shape index (κ2) is 37.0. The van der Waals surface area contributed by atoms with Crippen LogP contribution in [0.3, 0.4) is 0 Å². The molecule has 49 heavy (non-hydrogen) atoms. The molecule has 0 aliphatic heterocycles. The summed E-state index contributed by atoms with van der Waals surface area (Å²) in [4.78, 5) is 48.8. The number of ketones is 2. The van der Waals surface area contributed by atoms with Crippen molar-refractivity contribution in [3.8, 4) is 0 Å². The summed E-state index contributed by atoms with van der Waals surface area (Å²) in [5, 5.41) is 11.6. The normalized spacial score (nSPS) is 12.2. The molecule has 0 aromatic rings. The smallest absolute Gasteiger partial charge is 0.303 e. The van der Waals surface area contributed by atoms with Crippen LogP contribution >= 0.6 is 0 Å². The van der Waals surface area contributed by atoms with Crippen molar-refractivity contribution < 1.29 is 24.3 Å². The van der Waals surface area contributed by atoms with Crippen LogP contribution in [0.15, 0.2) is 24.3 Å². The van der Waals surface area contributed by atoms with Crippen LogP contribution in [0.4, 0.5) is 0 Å². The van der Waals surface area contributed by atoms with Gasteiger partial charge in [-0.1, -0.05) is 141 Å². The topological polar surface area (TPSA) is 101 Å². The molecule has 0 saturated heterocycles. The number of unbranched alkanes of at least 4 members (excludes halogenated alkanes) is 22. The van der Waals surface area contributed by atoms with Crippen LogP contribution < -0.4 is 5.32 Å². The molecule has 6 heteroatoms. The molecule has 1 amide bonds. The Hall–Kier alpha value is -2.24. The van der Waals surface area contributed by atoms with Crippen LogP contribution in [0.2, 0.25) is 0 Å². The van der Waals surface area contributed by atoms with Crippen molar-refractivity contribution >= 4 is 23.4 Å². The minimum atomic E-state index is -1.03. The van der Waals surface area contributed by atoms with Crippen LogP contribution in [-0.2, 0) is 19.2 Å². The van der Waals surface area contributed by atoms with E-state index in [9.17, 15) is 19.2 Å². The Morgan fingerprint density at radius 3 is 1.31 bits per heavy atom. The molecule has 0 spiro atoms. The molecule has 0 aliphatic rings. The van der Waals surface area contributed by atoms with E-state index in [2.05, 4.69) is 43.5 Å². The van der Waals surface area contributed by atoms with Crippen molar-refractivity contribution in [2.45, 2.75) is 213 Å². The number of hydrogen-bond donors (Lipinski definition) is 2. The van der Waals surface area contributed by atoms with E-state index in [4.69, 9.17) is 5.11 Å². The van der Waals surface area contributed by atoms with Crippen molar-refractivity contribution in [2.75, 3.05) is 6.54 Å². The third kappa shape index (κ3) is 35.4. The number of carboxylic acid groups (broad SMARTS) is 1. The van der Waals surface area contributed by atoms with E-state index in [1.165, 1.54) is 109 Å². The van der Waals surface area contributed by atoms with E-state index in [-0.39, 0.29) is 43.3 Å². The Kier molecular flexibility index (Phi) is 35.3. The van der Waals surface area contributed by atoms with Gasteiger partial charge in [0.15, 0.2) is 0 Å². The number of nitrogens with one attached hydrogen (secondary N) is 1. The lowest BCUT2D eigenvalue weighted by molar-refractivity contribution is -0.139. The Labute approximate surface area is 302 Å². The molecule has 0 rings (SSSR count). The molecule has 0 aromatic heterocycles. The van der Waals surface area contributed by atoms with Gasteiger partial charge in [-0.15, -0.1) is 0 Å². The molecular weight excluding hydrogens is 610 g/mol. The highest BCUT2D eigenvalue weighted by Crippen LogP contribution is 2.16. The fraction of sp³-hybridized carbons (Fsp3) is 0.814. The molecule has 1 unspecified atom stereocenters. The molecule has 0 saturated carbocycles. The highest BCUT2D eigenvalue weighted by atomic mass is 16.4. The Balaban J connectivity index is 4.22. The summed E-state index contributed by atoms with van der Waals surface area (Å²) in [5.41, 5.74) is 0. The van der Waals surface area contributed by atoms with E-state index in [0.717, 1.165) is 57.8 Å². The predicted octanol–water partition coefficient (Wildman–Crippen LogP) is 12.2. The van der Waals surface area contributed by atoms with Gasteiger partial charge in [0.2, 0.25) is 5.91 Å². The van der Waals surface area contributed by atoms with Crippen molar-refractivity contribution in [3.63, 3.8) is 0 Å². The lowest BCUT2D eigenvalue weighted by Crippen LogP contribution is -2.34. The molecule has 0 heterocycles. The largest absolute Gasteiger partial charge is 0.481 e. The fourth-order valence-corrected chi connectivity index (χ4v) is 6.19. The molecule has 0 bridgehead atoms. The molecular formula is C43H77NO5. The molecule has 0 fully saturated rings. The summed E-state index contributed by atoms with van der Waals surface area (Å²) in [5.74, 6) is -1.82. The summed E-state index contributed by atoms with van der Waals surface area (Å²) in [6, 6.07) is 0.